The van der Waals surface area contributed by atoms with Gasteiger partial charge in [0.1, 0.15) is 11.9 Å². The highest BCUT2D eigenvalue weighted by Gasteiger charge is 2.29. The molecule has 0 saturated carbocycles. The van der Waals surface area contributed by atoms with E-state index in [2.05, 4.69) is 9.97 Å². The first-order valence-electron chi connectivity index (χ1n) is 9.73. The summed E-state index contributed by atoms with van der Waals surface area (Å²) in [6.07, 6.45) is 4.52. The molecule has 0 aliphatic carbocycles. The summed E-state index contributed by atoms with van der Waals surface area (Å²) in [5.74, 6) is 0.566. The van der Waals surface area contributed by atoms with Gasteiger partial charge >= 0.3 is 6.01 Å². The first-order valence-corrected chi connectivity index (χ1v) is 10.1. The van der Waals surface area contributed by atoms with Crippen LogP contribution in [0.15, 0.2) is 48.8 Å². The first-order chi connectivity index (χ1) is 14.2. The van der Waals surface area contributed by atoms with Crippen LogP contribution in [0.2, 0.25) is 5.02 Å². The van der Waals surface area contributed by atoms with Crippen LogP contribution in [0.3, 0.4) is 0 Å². The Morgan fingerprint density at radius 1 is 1.21 bits per heavy atom. The van der Waals surface area contributed by atoms with Gasteiger partial charge in [-0.25, -0.2) is 9.97 Å². The van der Waals surface area contributed by atoms with Gasteiger partial charge in [-0.2, -0.15) is 0 Å². The van der Waals surface area contributed by atoms with Crippen LogP contribution in [0, 0.1) is 0 Å². The lowest BCUT2D eigenvalue weighted by Gasteiger charge is -2.33. The lowest BCUT2D eigenvalue weighted by molar-refractivity contribution is 0.0514. The second kappa shape index (κ2) is 8.66. The monoisotopic (exact) mass is 411 g/mol. The van der Waals surface area contributed by atoms with E-state index in [1.165, 1.54) is 12.4 Å². The molecular weight excluding hydrogens is 390 g/mol. The van der Waals surface area contributed by atoms with Crippen molar-refractivity contribution in [2.75, 3.05) is 19.7 Å². The summed E-state index contributed by atoms with van der Waals surface area (Å²) >= 11 is 5.83. The van der Waals surface area contributed by atoms with Gasteiger partial charge in [0.05, 0.1) is 36.1 Å². The Morgan fingerprint density at radius 3 is 2.79 bits per heavy atom. The lowest BCUT2D eigenvalue weighted by Crippen LogP contribution is -2.44. The largest absolute Gasteiger partial charge is 0.493 e. The second-order valence-corrected chi connectivity index (χ2v) is 7.35. The van der Waals surface area contributed by atoms with Crippen LogP contribution in [-0.2, 0) is 0 Å². The summed E-state index contributed by atoms with van der Waals surface area (Å²) in [7, 11) is 0. The summed E-state index contributed by atoms with van der Waals surface area (Å²) in [6.45, 7) is 3.56. The molecule has 7 heteroatoms. The molecule has 0 N–H and O–H groups in total. The molecule has 3 aromatic rings. The number of amides is 1. The van der Waals surface area contributed by atoms with E-state index in [0.717, 1.165) is 23.6 Å². The number of piperidine rings is 1. The third-order valence-corrected chi connectivity index (χ3v) is 5.13. The molecule has 0 spiro atoms. The minimum absolute atomic E-state index is 0.0458. The molecule has 0 bridgehead atoms. The fraction of sp³-hybridized carbons (Fsp3) is 0.318. The van der Waals surface area contributed by atoms with Gasteiger partial charge in [0.25, 0.3) is 5.91 Å². The topological polar surface area (TPSA) is 64.5 Å². The van der Waals surface area contributed by atoms with E-state index in [0.29, 0.717) is 36.0 Å². The number of carbonyl (C=O) groups excluding carboxylic acids is 1. The number of likely N-dealkylation sites (tertiary alicyclic amines) is 1. The van der Waals surface area contributed by atoms with Gasteiger partial charge < -0.3 is 14.4 Å². The Morgan fingerprint density at radius 2 is 2.00 bits per heavy atom. The highest BCUT2D eigenvalue weighted by atomic mass is 35.5. The number of hydrogen-bond acceptors (Lipinski definition) is 5. The van der Waals surface area contributed by atoms with Crippen molar-refractivity contribution in [1.82, 2.24) is 14.9 Å². The zero-order valence-corrected chi connectivity index (χ0v) is 16.9. The van der Waals surface area contributed by atoms with Crippen LogP contribution in [0.1, 0.15) is 30.1 Å². The van der Waals surface area contributed by atoms with E-state index >= 15 is 0 Å². The number of rotatable bonds is 5. The molecule has 150 valence electrons. The smallest absolute Gasteiger partial charge is 0.316 e. The molecule has 1 atom stereocenters. The van der Waals surface area contributed by atoms with Crippen molar-refractivity contribution in [2.45, 2.75) is 25.9 Å². The summed E-state index contributed by atoms with van der Waals surface area (Å²) < 4.78 is 11.7. The maximum absolute atomic E-state index is 13.5. The molecule has 1 unspecified atom stereocenters. The zero-order chi connectivity index (χ0) is 20.2. The standard InChI is InChI=1S/C22H22ClN3O3/c1-2-28-19-10-9-15-6-3-4-8-18(15)20(19)21(27)26-11-5-7-17(14-26)29-22-24-12-16(23)13-25-22/h3-4,6,8-10,12-13,17H,2,5,7,11,14H2,1H3. The van der Waals surface area contributed by atoms with Crippen molar-refractivity contribution in [3.63, 3.8) is 0 Å². The Hall–Kier alpha value is -2.86. The first kappa shape index (κ1) is 19.5. The number of carbonyl (C=O) groups is 1. The number of fused-ring (bicyclic) bond motifs is 1. The number of halogens is 1. The average molecular weight is 412 g/mol. The molecule has 6 nitrogen and oxygen atoms in total. The molecule has 2 aromatic carbocycles. The van der Waals surface area contributed by atoms with Crippen LogP contribution in [0.25, 0.3) is 10.8 Å². The molecule has 1 aliphatic heterocycles. The molecule has 1 aliphatic rings. The highest BCUT2D eigenvalue weighted by Crippen LogP contribution is 2.30. The number of aromatic nitrogens is 2. The third-order valence-electron chi connectivity index (χ3n) is 4.94. The molecular formula is C22H22ClN3O3. The van der Waals surface area contributed by atoms with Crippen LogP contribution >= 0.6 is 11.6 Å². The summed E-state index contributed by atoms with van der Waals surface area (Å²) in [5.41, 5.74) is 0.605. The molecule has 1 amide bonds. The number of hydrogen-bond donors (Lipinski definition) is 0. The van der Waals surface area contributed by atoms with Gasteiger partial charge in [0.15, 0.2) is 0 Å². The van der Waals surface area contributed by atoms with Crippen LogP contribution in [0.5, 0.6) is 11.8 Å². The van der Waals surface area contributed by atoms with Gasteiger partial charge in [-0.05, 0) is 36.6 Å². The Kier molecular flexibility index (Phi) is 5.81. The Balaban J connectivity index is 1.58. The van der Waals surface area contributed by atoms with Crippen molar-refractivity contribution in [2.24, 2.45) is 0 Å². The quantitative estimate of drug-likeness (QED) is 0.624. The van der Waals surface area contributed by atoms with Crippen LogP contribution in [0.4, 0.5) is 0 Å². The van der Waals surface area contributed by atoms with Crippen molar-refractivity contribution < 1.29 is 14.3 Å². The van der Waals surface area contributed by atoms with E-state index in [4.69, 9.17) is 21.1 Å². The van der Waals surface area contributed by atoms with E-state index < -0.39 is 0 Å². The fourth-order valence-electron chi connectivity index (χ4n) is 3.64. The van der Waals surface area contributed by atoms with Gasteiger partial charge in [0, 0.05) is 6.54 Å². The Labute approximate surface area is 174 Å². The molecule has 4 rings (SSSR count). The normalized spacial score (nSPS) is 16.6. The second-order valence-electron chi connectivity index (χ2n) is 6.91. The van der Waals surface area contributed by atoms with E-state index in [9.17, 15) is 4.79 Å². The van der Waals surface area contributed by atoms with Crippen molar-refractivity contribution in [3.05, 3.63) is 59.4 Å². The maximum Gasteiger partial charge on any atom is 0.316 e. The average Bonchev–Trinajstić information content (AvgIpc) is 2.75. The molecule has 0 radical (unpaired) electrons. The lowest BCUT2D eigenvalue weighted by atomic mass is 10.0. The molecule has 29 heavy (non-hydrogen) atoms. The number of ether oxygens (including phenoxy) is 2. The predicted molar refractivity (Wildman–Crippen MR) is 112 cm³/mol. The van der Waals surface area contributed by atoms with Crippen LogP contribution < -0.4 is 9.47 Å². The predicted octanol–water partition coefficient (Wildman–Crippen LogP) is 4.37. The molecule has 1 saturated heterocycles. The van der Waals surface area contributed by atoms with Crippen molar-refractivity contribution >= 4 is 28.3 Å². The third kappa shape index (κ3) is 4.27. The Bertz CT molecular complexity index is 1010. The summed E-state index contributed by atoms with van der Waals surface area (Å²) in [6, 6.07) is 12.0. The molecule has 2 heterocycles. The van der Waals surface area contributed by atoms with Gasteiger partial charge in [-0.15, -0.1) is 0 Å². The summed E-state index contributed by atoms with van der Waals surface area (Å²) in [5, 5.41) is 2.36. The van der Waals surface area contributed by atoms with Gasteiger partial charge in [-0.1, -0.05) is 41.9 Å². The minimum Gasteiger partial charge on any atom is -0.493 e. The van der Waals surface area contributed by atoms with Crippen molar-refractivity contribution in [1.29, 1.82) is 0 Å². The molecule has 1 fully saturated rings. The van der Waals surface area contributed by atoms with Crippen LogP contribution in [-0.4, -0.2) is 46.6 Å². The van der Waals surface area contributed by atoms with E-state index in [-0.39, 0.29) is 18.0 Å². The number of benzene rings is 2. The molecule has 1 aromatic heterocycles. The SMILES string of the molecule is CCOc1ccc2ccccc2c1C(=O)N1CCCC(Oc2ncc(Cl)cn2)C1. The highest BCUT2D eigenvalue weighted by molar-refractivity contribution is 6.30. The maximum atomic E-state index is 13.5. The van der Waals surface area contributed by atoms with Gasteiger partial charge in [-0.3, -0.25) is 4.79 Å². The van der Waals surface area contributed by atoms with E-state index in [1.807, 2.05) is 48.2 Å². The van der Waals surface area contributed by atoms with Crippen molar-refractivity contribution in [3.8, 4) is 11.8 Å². The number of nitrogens with zero attached hydrogens (tertiary/aromatic N) is 3. The zero-order valence-electron chi connectivity index (χ0n) is 16.2. The fourth-order valence-corrected chi connectivity index (χ4v) is 3.73. The van der Waals surface area contributed by atoms with Gasteiger partial charge in [0.2, 0.25) is 0 Å². The summed E-state index contributed by atoms with van der Waals surface area (Å²) in [4.78, 5) is 23.5. The minimum atomic E-state index is -0.167. The van der Waals surface area contributed by atoms with E-state index in [1.54, 1.807) is 0 Å².